The first-order valence-electron chi connectivity index (χ1n) is 6.38. The summed E-state index contributed by atoms with van der Waals surface area (Å²) in [6.45, 7) is 2.40. The highest BCUT2D eigenvalue weighted by Crippen LogP contribution is 2.25. The van der Waals surface area contributed by atoms with Crippen molar-refractivity contribution >= 4 is 5.91 Å². The highest BCUT2D eigenvalue weighted by atomic mass is 16.2. The van der Waals surface area contributed by atoms with Crippen LogP contribution in [0, 0.1) is 0 Å². The average Bonchev–Trinajstić information content (AvgIpc) is 3.11. The number of hydrogen-bond acceptors (Lipinski definition) is 4. The maximum absolute atomic E-state index is 12.2. The Bertz CT molecular complexity index is 433. The number of nitrogens with zero attached hydrogens (tertiary/aromatic N) is 3. The summed E-state index contributed by atoms with van der Waals surface area (Å²) in [5, 5.41) is 9.96. The Morgan fingerprint density at radius 3 is 2.83 bits per heavy atom. The summed E-state index contributed by atoms with van der Waals surface area (Å²) in [5.74, 6) is 1.55. The van der Waals surface area contributed by atoms with Crippen molar-refractivity contribution in [2.75, 3.05) is 19.6 Å². The number of hydrogen-bond donors (Lipinski definition) is 2. The number of aromatic amines is 1. The van der Waals surface area contributed by atoms with Crippen LogP contribution in [-0.2, 0) is 4.79 Å². The zero-order valence-electron chi connectivity index (χ0n) is 10.2. The molecule has 2 aliphatic rings. The molecule has 2 N–H and O–H groups in total. The first-order chi connectivity index (χ1) is 8.84. The Morgan fingerprint density at radius 1 is 1.39 bits per heavy atom. The van der Waals surface area contributed by atoms with Gasteiger partial charge < -0.3 is 4.90 Å². The van der Waals surface area contributed by atoms with Crippen LogP contribution in [-0.4, -0.2) is 51.7 Å². The van der Waals surface area contributed by atoms with Crippen molar-refractivity contribution in [1.82, 2.24) is 25.4 Å². The van der Waals surface area contributed by atoms with E-state index in [1.165, 1.54) is 0 Å². The summed E-state index contributed by atoms with van der Waals surface area (Å²) in [4.78, 5) is 18.3. The average molecular weight is 247 g/mol. The van der Waals surface area contributed by atoms with Crippen molar-refractivity contribution in [2.24, 2.45) is 0 Å². The number of H-pyrrole nitrogens is 1. The largest absolute Gasteiger partial charge is 0.341 e. The van der Waals surface area contributed by atoms with Gasteiger partial charge in [-0.3, -0.25) is 15.2 Å². The molecule has 6 nitrogen and oxygen atoms in total. The van der Waals surface area contributed by atoms with Gasteiger partial charge in [-0.05, 0) is 12.8 Å². The molecule has 1 saturated heterocycles. The lowest BCUT2D eigenvalue weighted by Crippen LogP contribution is -2.46. The molecule has 3 heterocycles. The molecule has 0 bridgehead atoms. The molecule has 18 heavy (non-hydrogen) atoms. The zero-order chi connectivity index (χ0) is 12.4. The van der Waals surface area contributed by atoms with Crippen LogP contribution in [0.4, 0.5) is 0 Å². The van der Waals surface area contributed by atoms with E-state index < -0.39 is 0 Å². The fourth-order valence-corrected chi connectivity index (χ4v) is 2.62. The first-order valence-corrected chi connectivity index (χ1v) is 6.38. The van der Waals surface area contributed by atoms with Gasteiger partial charge in [0.15, 0.2) is 0 Å². The lowest BCUT2D eigenvalue weighted by Gasteiger charge is -2.32. The summed E-state index contributed by atoms with van der Waals surface area (Å²) in [5.41, 5.74) is 0. The van der Waals surface area contributed by atoms with Crippen molar-refractivity contribution in [2.45, 2.75) is 24.8 Å². The highest BCUT2D eigenvalue weighted by Gasteiger charge is 2.29. The quantitative estimate of drug-likeness (QED) is 0.724. The smallest absolute Gasteiger partial charge is 0.243 e. The SMILES string of the molecule is O=C([C@@H]1C=CCN1)N1CCC(c2ncn[nH]2)CC1. The van der Waals surface area contributed by atoms with Gasteiger partial charge in [-0.15, -0.1) is 0 Å². The van der Waals surface area contributed by atoms with E-state index in [0.717, 1.165) is 38.3 Å². The third-order valence-corrected chi connectivity index (χ3v) is 3.68. The molecule has 0 saturated carbocycles. The fourth-order valence-electron chi connectivity index (χ4n) is 2.62. The van der Waals surface area contributed by atoms with Gasteiger partial charge in [-0.2, -0.15) is 5.10 Å². The van der Waals surface area contributed by atoms with Gasteiger partial charge in [0.1, 0.15) is 18.2 Å². The molecule has 1 aromatic heterocycles. The highest BCUT2D eigenvalue weighted by molar-refractivity contribution is 5.84. The summed E-state index contributed by atoms with van der Waals surface area (Å²) in [6.07, 6.45) is 7.41. The van der Waals surface area contributed by atoms with Gasteiger partial charge in [-0.1, -0.05) is 12.2 Å². The van der Waals surface area contributed by atoms with E-state index in [2.05, 4.69) is 20.5 Å². The molecule has 0 aliphatic carbocycles. The number of carbonyl (C=O) groups is 1. The minimum absolute atomic E-state index is 0.119. The molecule has 0 radical (unpaired) electrons. The monoisotopic (exact) mass is 247 g/mol. The van der Waals surface area contributed by atoms with Crippen molar-refractivity contribution in [3.05, 3.63) is 24.3 Å². The van der Waals surface area contributed by atoms with E-state index in [4.69, 9.17) is 0 Å². The Morgan fingerprint density at radius 2 is 2.22 bits per heavy atom. The molecule has 1 amide bonds. The van der Waals surface area contributed by atoms with Crippen LogP contribution in [0.2, 0.25) is 0 Å². The number of nitrogens with one attached hydrogen (secondary N) is 2. The predicted molar refractivity (Wildman–Crippen MR) is 65.9 cm³/mol. The number of likely N-dealkylation sites (tertiary alicyclic amines) is 1. The van der Waals surface area contributed by atoms with E-state index in [-0.39, 0.29) is 11.9 Å². The third kappa shape index (κ3) is 2.15. The molecule has 96 valence electrons. The van der Waals surface area contributed by atoms with Gasteiger partial charge in [0.05, 0.1) is 0 Å². The second-order valence-corrected chi connectivity index (χ2v) is 4.78. The van der Waals surface area contributed by atoms with Crippen LogP contribution >= 0.6 is 0 Å². The summed E-state index contributed by atoms with van der Waals surface area (Å²) in [7, 11) is 0. The summed E-state index contributed by atoms with van der Waals surface area (Å²) >= 11 is 0. The Balaban J connectivity index is 1.56. The van der Waals surface area contributed by atoms with Crippen LogP contribution < -0.4 is 5.32 Å². The van der Waals surface area contributed by atoms with E-state index in [1.807, 2.05) is 17.1 Å². The Labute approximate surface area is 105 Å². The van der Waals surface area contributed by atoms with E-state index in [9.17, 15) is 4.79 Å². The van der Waals surface area contributed by atoms with Gasteiger partial charge >= 0.3 is 0 Å². The standard InChI is InChI=1S/C12H17N5O/c18-12(10-2-1-5-13-10)17-6-3-9(4-7-17)11-14-8-15-16-11/h1-2,8-10,13H,3-7H2,(H,14,15,16)/t10-/m0/s1. The number of piperidine rings is 1. The van der Waals surface area contributed by atoms with E-state index in [0.29, 0.717) is 5.92 Å². The van der Waals surface area contributed by atoms with Crippen LogP contribution in [0.15, 0.2) is 18.5 Å². The Kier molecular flexibility index (Phi) is 3.10. The number of amides is 1. The lowest BCUT2D eigenvalue weighted by atomic mass is 9.96. The Hall–Kier alpha value is -1.69. The topological polar surface area (TPSA) is 73.9 Å². The van der Waals surface area contributed by atoms with E-state index >= 15 is 0 Å². The van der Waals surface area contributed by atoms with Crippen LogP contribution in [0.3, 0.4) is 0 Å². The van der Waals surface area contributed by atoms with Crippen LogP contribution in [0.1, 0.15) is 24.6 Å². The molecule has 6 heteroatoms. The minimum Gasteiger partial charge on any atom is -0.341 e. The normalized spacial score (nSPS) is 24.7. The summed E-state index contributed by atoms with van der Waals surface area (Å²) < 4.78 is 0. The van der Waals surface area contributed by atoms with Crippen molar-refractivity contribution in [3.63, 3.8) is 0 Å². The summed E-state index contributed by atoms with van der Waals surface area (Å²) in [6, 6.07) is -0.119. The molecule has 0 spiro atoms. The van der Waals surface area contributed by atoms with Crippen molar-refractivity contribution in [3.8, 4) is 0 Å². The molecular weight excluding hydrogens is 230 g/mol. The predicted octanol–water partition coefficient (Wildman–Crippen LogP) is 0.0387. The molecular formula is C12H17N5O. The molecule has 2 aliphatic heterocycles. The maximum atomic E-state index is 12.2. The van der Waals surface area contributed by atoms with Crippen molar-refractivity contribution in [1.29, 1.82) is 0 Å². The van der Waals surface area contributed by atoms with Gasteiger partial charge in [0.2, 0.25) is 5.91 Å². The second-order valence-electron chi connectivity index (χ2n) is 4.78. The second kappa shape index (κ2) is 4.89. The van der Waals surface area contributed by atoms with Crippen molar-refractivity contribution < 1.29 is 4.79 Å². The first kappa shape index (κ1) is 11.4. The van der Waals surface area contributed by atoms with Gasteiger partial charge in [0, 0.05) is 25.6 Å². The molecule has 0 aromatic carbocycles. The fraction of sp³-hybridized carbons (Fsp3) is 0.583. The van der Waals surface area contributed by atoms with E-state index in [1.54, 1.807) is 6.33 Å². The molecule has 0 unspecified atom stereocenters. The number of carbonyl (C=O) groups excluding carboxylic acids is 1. The van der Waals surface area contributed by atoms with Crippen LogP contribution in [0.5, 0.6) is 0 Å². The van der Waals surface area contributed by atoms with Crippen LogP contribution in [0.25, 0.3) is 0 Å². The number of aromatic nitrogens is 3. The van der Waals surface area contributed by atoms with Gasteiger partial charge in [-0.25, -0.2) is 4.98 Å². The third-order valence-electron chi connectivity index (χ3n) is 3.68. The molecule has 1 aromatic rings. The molecule has 3 rings (SSSR count). The molecule has 1 atom stereocenters. The minimum atomic E-state index is -0.119. The van der Waals surface area contributed by atoms with Gasteiger partial charge in [0.25, 0.3) is 0 Å². The lowest BCUT2D eigenvalue weighted by molar-refractivity contribution is -0.133. The zero-order valence-corrected chi connectivity index (χ0v) is 10.2. The number of rotatable bonds is 2. The maximum Gasteiger partial charge on any atom is 0.243 e. The molecule has 1 fully saturated rings.